The molecular weight excluding hydrogens is 276 g/mol. The molecule has 0 radical (unpaired) electrons. The largest absolute Gasteiger partial charge is 0.479 e. The average Bonchev–Trinajstić information content (AvgIpc) is 2.97. The molecule has 8 nitrogen and oxygen atoms in total. The van der Waals surface area contributed by atoms with Crippen molar-refractivity contribution in [2.75, 3.05) is 19.7 Å². The van der Waals surface area contributed by atoms with Gasteiger partial charge in [-0.1, -0.05) is 0 Å². The summed E-state index contributed by atoms with van der Waals surface area (Å²) in [6.45, 7) is 1.59. The van der Waals surface area contributed by atoms with Gasteiger partial charge < -0.3 is 20.1 Å². The van der Waals surface area contributed by atoms with Gasteiger partial charge in [-0.25, -0.2) is 9.59 Å². The second-order valence-electron chi connectivity index (χ2n) is 5.27. The minimum atomic E-state index is -1.04. The fourth-order valence-corrected chi connectivity index (χ4v) is 2.79. The Morgan fingerprint density at radius 2 is 2.29 bits per heavy atom. The normalized spacial score (nSPS) is 25.2. The lowest BCUT2D eigenvalue weighted by atomic mass is 10.0. The maximum Gasteiger partial charge on any atom is 0.334 e. The average molecular weight is 294 g/mol. The van der Waals surface area contributed by atoms with Crippen LogP contribution in [0.5, 0.6) is 0 Å². The van der Waals surface area contributed by atoms with Crippen molar-refractivity contribution in [1.82, 2.24) is 20.0 Å². The summed E-state index contributed by atoms with van der Waals surface area (Å²) in [6, 6.07) is 1.59. The number of amides is 2. The Balaban J connectivity index is 1.63. The monoisotopic (exact) mass is 294 g/mol. The number of aliphatic carboxylic acids is 1. The molecule has 3 rings (SSSR count). The Kier molecular flexibility index (Phi) is 3.78. The Bertz CT molecular complexity index is 544. The number of carboxylic acids is 1. The number of nitrogens with zero attached hydrogens (tertiary/aromatic N) is 3. The Hall–Kier alpha value is -2.09. The molecule has 0 saturated carbocycles. The van der Waals surface area contributed by atoms with Gasteiger partial charge in [0, 0.05) is 19.3 Å². The van der Waals surface area contributed by atoms with Crippen LogP contribution in [0.1, 0.15) is 24.6 Å². The highest BCUT2D eigenvalue weighted by atomic mass is 16.5. The van der Waals surface area contributed by atoms with Gasteiger partial charge in [0.2, 0.25) is 0 Å². The molecule has 1 aromatic rings. The third-order valence-electron chi connectivity index (χ3n) is 3.90. The van der Waals surface area contributed by atoms with E-state index in [1.54, 1.807) is 6.20 Å². The summed E-state index contributed by atoms with van der Waals surface area (Å²) in [4.78, 5) is 24.7. The number of fused-ring (bicyclic) bond motifs is 1. The number of urea groups is 1. The number of aryl methyl sites for hydroxylation is 1. The summed E-state index contributed by atoms with van der Waals surface area (Å²) < 4.78 is 7.01. The zero-order valence-electron chi connectivity index (χ0n) is 11.6. The van der Waals surface area contributed by atoms with Gasteiger partial charge in [-0.15, -0.1) is 0 Å². The molecule has 21 heavy (non-hydrogen) atoms. The number of hydrogen-bond donors (Lipinski definition) is 2. The first-order valence-electron chi connectivity index (χ1n) is 7.06. The summed E-state index contributed by atoms with van der Waals surface area (Å²) in [5.41, 5.74) is 0.998. The van der Waals surface area contributed by atoms with Gasteiger partial charge in [0.25, 0.3) is 0 Å². The molecule has 1 saturated heterocycles. The van der Waals surface area contributed by atoms with Crippen molar-refractivity contribution in [3.05, 3.63) is 18.0 Å². The van der Waals surface area contributed by atoms with Crippen LogP contribution in [0.25, 0.3) is 0 Å². The van der Waals surface area contributed by atoms with Crippen molar-refractivity contribution in [3.8, 4) is 0 Å². The minimum absolute atomic E-state index is 0.0696. The van der Waals surface area contributed by atoms with Crippen LogP contribution in [0.3, 0.4) is 0 Å². The van der Waals surface area contributed by atoms with E-state index in [0.29, 0.717) is 6.54 Å². The van der Waals surface area contributed by atoms with Crippen LogP contribution < -0.4 is 5.32 Å². The molecule has 3 heterocycles. The smallest absolute Gasteiger partial charge is 0.334 e. The molecule has 1 fully saturated rings. The highest BCUT2D eigenvalue weighted by Gasteiger charge is 2.31. The number of hydrogen-bond acceptors (Lipinski definition) is 4. The fraction of sp³-hybridized carbons (Fsp3) is 0.615. The van der Waals surface area contributed by atoms with Crippen LogP contribution in [-0.4, -0.2) is 57.6 Å². The summed E-state index contributed by atoms with van der Waals surface area (Å²) in [6.07, 6.45) is 2.61. The topological polar surface area (TPSA) is 96.7 Å². The first-order chi connectivity index (χ1) is 10.1. The molecule has 2 aliphatic heterocycles. The van der Waals surface area contributed by atoms with Crippen LogP contribution in [-0.2, 0) is 16.1 Å². The van der Waals surface area contributed by atoms with E-state index in [9.17, 15) is 9.59 Å². The van der Waals surface area contributed by atoms with E-state index in [-0.39, 0.29) is 25.2 Å². The zero-order chi connectivity index (χ0) is 14.8. The van der Waals surface area contributed by atoms with E-state index >= 15 is 0 Å². The first kappa shape index (κ1) is 13.9. The first-order valence-corrected chi connectivity index (χ1v) is 7.06. The standard InChI is InChI=1S/C13H18N4O4/c18-12(19)11-8-16(6-7-21-11)13(20)15-9-2-1-5-17-10(9)3-4-14-17/h3-4,9,11H,1-2,5-8H2,(H,15,20)(H,18,19). The van der Waals surface area contributed by atoms with Crippen LogP contribution in [0.2, 0.25) is 0 Å². The van der Waals surface area contributed by atoms with Gasteiger partial charge in [-0.3, -0.25) is 4.68 Å². The molecule has 0 bridgehead atoms. The van der Waals surface area contributed by atoms with E-state index in [1.807, 2.05) is 10.7 Å². The van der Waals surface area contributed by atoms with Gasteiger partial charge in [0.1, 0.15) is 0 Å². The Morgan fingerprint density at radius 3 is 3.10 bits per heavy atom. The zero-order valence-corrected chi connectivity index (χ0v) is 11.6. The lowest BCUT2D eigenvalue weighted by Gasteiger charge is -2.33. The van der Waals surface area contributed by atoms with Gasteiger partial charge in [-0.05, 0) is 18.9 Å². The minimum Gasteiger partial charge on any atom is -0.479 e. The van der Waals surface area contributed by atoms with Crippen molar-refractivity contribution in [2.24, 2.45) is 0 Å². The molecule has 0 aromatic carbocycles. The molecule has 114 valence electrons. The number of morpholine rings is 1. The highest BCUT2D eigenvalue weighted by Crippen LogP contribution is 2.24. The van der Waals surface area contributed by atoms with Crippen molar-refractivity contribution in [3.63, 3.8) is 0 Å². The maximum absolute atomic E-state index is 12.3. The van der Waals surface area contributed by atoms with E-state index in [4.69, 9.17) is 9.84 Å². The number of nitrogens with one attached hydrogen (secondary N) is 1. The fourth-order valence-electron chi connectivity index (χ4n) is 2.79. The predicted octanol–water partition coefficient (Wildman–Crippen LogP) is 0.213. The molecule has 2 amide bonds. The molecule has 1 aromatic heterocycles. The lowest BCUT2D eigenvalue weighted by Crippen LogP contribution is -2.52. The number of aromatic nitrogens is 2. The lowest BCUT2D eigenvalue weighted by molar-refractivity contribution is -0.154. The van der Waals surface area contributed by atoms with Crippen LogP contribution in [0, 0.1) is 0 Å². The third-order valence-corrected chi connectivity index (χ3v) is 3.90. The second-order valence-corrected chi connectivity index (χ2v) is 5.27. The van der Waals surface area contributed by atoms with Crippen LogP contribution in [0.15, 0.2) is 12.3 Å². The molecule has 0 aliphatic carbocycles. The van der Waals surface area contributed by atoms with Crippen molar-refractivity contribution >= 4 is 12.0 Å². The van der Waals surface area contributed by atoms with Crippen molar-refractivity contribution in [1.29, 1.82) is 0 Å². The molecule has 2 aliphatic rings. The molecular formula is C13H18N4O4. The quantitative estimate of drug-likeness (QED) is 0.813. The van der Waals surface area contributed by atoms with E-state index in [2.05, 4.69) is 10.4 Å². The number of carbonyl (C=O) groups is 2. The summed E-state index contributed by atoms with van der Waals surface area (Å²) in [5.74, 6) is -1.04. The van der Waals surface area contributed by atoms with E-state index < -0.39 is 12.1 Å². The van der Waals surface area contributed by atoms with Gasteiger partial charge in [0.15, 0.2) is 6.10 Å². The second kappa shape index (κ2) is 5.72. The van der Waals surface area contributed by atoms with E-state index in [1.165, 1.54) is 4.90 Å². The van der Waals surface area contributed by atoms with Gasteiger partial charge >= 0.3 is 12.0 Å². The molecule has 0 spiro atoms. The predicted molar refractivity (Wildman–Crippen MR) is 71.7 cm³/mol. The summed E-state index contributed by atoms with van der Waals surface area (Å²) in [7, 11) is 0. The van der Waals surface area contributed by atoms with E-state index in [0.717, 1.165) is 25.1 Å². The number of rotatable bonds is 2. The van der Waals surface area contributed by atoms with Crippen LogP contribution >= 0.6 is 0 Å². The Morgan fingerprint density at radius 1 is 1.43 bits per heavy atom. The van der Waals surface area contributed by atoms with Crippen LogP contribution in [0.4, 0.5) is 4.79 Å². The summed E-state index contributed by atoms with van der Waals surface area (Å²) in [5, 5.41) is 16.2. The SMILES string of the molecule is O=C(O)C1CN(C(=O)NC2CCCn3nccc32)CCO1. The Labute approximate surface area is 121 Å². The molecule has 8 heteroatoms. The maximum atomic E-state index is 12.3. The third kappa shape index (κ3) is 2.85. The molecule has 2 N–H and O–H groups in total. The number of ether oxygens (including phenoxy) is 1. The van der Waals surface area contributed by atoms with Crippen molar-refractivity contribution in [2.45, 2.75) is 31.5 Å². The number of carbonyl (C=O) groups excluding carboxylic acids is 1. The molecule has 2 atom stereocenters. The van der Waals surface area contributed by atoms with Gasteiger partial charge in [0.05, 0.1) is 24.9 Å². The van der Waals surface area contributed by atoms with Crippen molar-refractivity contribution < 1.29 is 19.4 Å². The summed E-state index contributed by atoms with van der Waals surface area (Å²) >= 11 is 0. The van der Waals surface area contributed by atoms with Gasteiger partial charge in [-0.2, -0.15) is 5.10 Å². The highest BCUT2D eigenvalue weighted by molar-refractivity contribution is 5.77. The number of carboxylic acid groups (broad SMARTS) is 1. The molecule has 2 unspecified atom stereocenters.